The Morgan fingerprint density at radius 3 is 1.72 bits per heavy atom. The monoisotopic (exact) mass is 465 g/mol. The van der Waals surface area contributed by atoms with Crippen LogP contribution in [-0.2, 0) is 9.59 Å². The van der Waals surface area contributed by atoms with Gasteiger partial charge in [-0.2, -0.15) is 0 Å². The summed E-state index contributed by atoms with van der Waals surface area (Å²) in [5, 5.41) is 20.7. The van der Waals surface area contributed by atoms with Crippen molar-refractivity contribution in [3.8, 4) is 0 Å². The standard InChI is InChI=1S/C25H50N2O4.Na/c1-23(2)15-13-11-9-7-5-3-4-6-8-10-12-14-16-24(29)26-18-20-27(21-22-28)19-17-25(30)31;/h23,28H,3-22H2,1-2H3,(H,26,29)(H,30,31);. The van der Waals surface area contributed by atoms with E-state index in [4.69, 9.17) is 10.2 Å². The van der Waals surface area contributed by atoms with E-state index < -0.39 is 5.97 Å². The maximum absolute atomic E-state index is 11.9. The van der Waals surface area contributed by atoms with Gasteiger partial charge in [-0.3, -0.25) is 14.5 Å². The Hall–Kier alpha value is -0.140. The summed E-state index contributed by atoms with van der Waals surface area (Å²) in [7, 11) is 0. The molecule has 0 bridgehead atoms. The Kier molecular flexibility index (Phi) is 27.1. The summed E-state index contributed by atoms with van der Waals surface area (Å²) >= 11 is 0. The molecule has 0 saturated heterocycles. The van der Waals surface area contributed by atoms with E-state index in [-0.39, 0.29) is 48.5 Å². The number of amides is 1. The number of carbonyl (C=O) groups excluding carboxylic acids is 1. The minimum atomic E-state index is -0.848. The molecule has 185 valence electrons. The first kappa shape index (κ1) is 34.0. The molecule has 0 aromatic heterocycles. The van der Waals surface area contributed by atoms with Gasteiger partial charge in [-0.05, 0) is 12.3 Å². The van der Waals surface area contributed by atoms with E-state index in [2.05, 4.69) is 19.2 Å². The zero-order chi connectivity index (χ0) is 23.2. The zero-order valence-corrected chi connectivity index (χ0v) is 23.4. The van der Waals surface area contributed by atoms with Gasteiger partial charge >= 0.3 is 5.97 Å². The molecule has 6 nitrogen and oxygen atoms in total. The summed E-state index contributed by atoms with van der Waals surface area (Å²) in [6.07, 6.45) is 17.5. The molecule has 32 heavy (non-hydrogen) atoms. The van der Waals surface area contributed by atoms with Crippen molar-refractivity contribution in [3.05, 3.63) is 0 Å². The van der Waals surface area contributed by atoms with Crippen LogP contribution in [0.15, 0.2) is 0 Å². The predicted molar refractivity (Wildman–Crippen MR) is 134 cm³/mol. The van der Waals surface area contributed by atoms with Crippen LogP contribution in [0.4, 0.5) is 0 Å². The molecule has 0 unspecified atom stereocenters. The summed E-state index contributed by atoms with van der Waals surface area (Å²) in [5.74, 6) is 0.0645. The van der Waals surface area contributed by atoms with Crippen LogP contribution in [0, 0.1) is 5.92 Å². The average molecular weight is 466 g/mol. The number of aliphatic carboxylic acids is 1. The summed E-state index contributed by atoms with van der Waals surface area (Å²) in [5.41, 5.74) is 0. The van der Waals surface area contributed by atoms with Crippen molar-refractivity contribution < 1.29 is 19.8 Å². The number of aliphatic hydroxyl groups is 1. The molecule has 0 rings (SSSR count). The quantitative estimate of drug-likeness (QED) is 0.151. The summed E-state index contributed by atoms with van der Waals surface area (Å²) in [4.78, 5) is 24.4. The third-order valence-corrected chi connectivity index (χ3v) is 5.74. The molecule has 0 atom stereocenters. The number of carbonyl (C=O) groups is 2. The summed E-state index contributed by atoms with van der Waals surface area (Å²) in [6, 6.07) is 0. The van der Waals surface area contributed by atoms with E-state index in [9.17, 15) is 9.59 Å². The van der Waals surface area contributed by atoms with Gasteiger partial charge in [-0.25, -0.2) is 0 Å². The second-order valence-electron chi connectivity index (χ2n) is 9.23. The fraction of sp³-hybridized carbons (Fsp3) is 0.920. The largest absolute Gasteiger partial charge is 0.481 e. The van der Waals surface area contributed by atoms with Crippen molar-refractivity contribution in [3.63, 3.8) is 0 Å². The zero-order valence-electron chi connectivity index (χ0n) is 21.4. The smallest absolute Gasteiger partial charge is 0.304 e. The molecular formula is C25H50N2NaO4. The van der Waals surface area contributed by atoms with Crippen LogP contribution in [0.1, 0.15) is 110 Å². The van der Waals surface area contributed by atoms with E-state index >= 15 is 0 Å². The molecule has 0 aliphatic rings. The number of unbranched alkanes of at least 4 members (excludes halogenated alkanes) is 11. The topological polar surface area (TPSA) is 89.9 Å². The number of aliphatic hydroxyl groups excluding tert-OH is 1. The molecule has 3 N–H and O–H groups in total. The number of rotatable bonds is 23. The van der Waals surface area contributed by atoms with Gasteiger partial charge in [0.25, 0.3) is 0 Å². The Morgan fingerprint density at radius 2 is 1.25 bits per heavy atom. The Morgan fingerprint density at radius 1 is 0.750 bits per heavy atom. The fourth-order valence-corrected chi connectivity index (χ4v) is 3.78. The molecule has 0 fully saturated rings. The van der Waals surface area contributed by atoms with E-state index in [0.29, 0.717) is 32.6 Å². The number of nitrogens with zero attached hydrogens (tertiary/aromatic N) is 1. The predicted octanol–water partition coefficient (Wildman–Crippen LogP) is 4.61. The molecule has 7 heteroatoms. The molecule has 1 radical (unpaired) electrons. The number of nitrogens with one attached hydrogen (secondary N) is 1. The van der Waals surface area contributed by atoms with Gasteiger partial charge in [0.1, 0.15) is 0 Å². The Balaban J connectivity index is 0. The molecule has 0 heterocycles. The maximum atomic E-state index is 11.9. The SMILES string of the molecule is CC(C)CCCCCCCCCCCCCCC(=O)NCCN(CCO)CCC(=O)O.[Na]. The first-order valence-electron chi connectivity index (χ1n) is 12.8. The van der Waals surface area contributed by atoms with Crippen molar-refractivity contribution in [2.24, 2.45) is 5.92 Å². The third-order valence-electron chi connectivity index (χ3n) is 5.74. The van der Waals surface area contributed by atoms with Gasteiger partial charge in [-0.1, -0.05) is 90.9 Å². The van der Waals surface area contributed by atoms with E-state index in [1.807, 2.05) is 4.90 Å². The van der Waals surface area contributed by atoms with Gasteiger partial charge in [0.05, 0.1) is 13.0 Å². The second-order valence-corrected chi connectivity index (χ2v) is 9.23. The van der Waals surface area contributed by atoms with Crippen LogP contribution in [0.2, 0.25) is 0 Å². The third kappa shape index (κ3) is 26.1. The van der Waals surface area contributed by atoms with Gasteiger partial charge < -0.3 is 15.5 Å². The molecule has 0 aliphatic carbocycles. The summed E-state index contributed by atoms with van der Waals surface area (Å²) < 4.78 is 0. The van der Waals surface area contributed by atoms with Crippen LogP contribution < -0.4 is 5.32 Å². The number of hydrogen-bond donors (Lipinski definition) is 3. The number of hydrogen-bond acceptors (Lipinski definition) is 4. The average Bonchev–Trinajstić information content (AvgIpc) is 2.72. The van der Waals surface area contributed by atoms with Gasteiger partial charge in [0.2, 0.25) is 5.91 Å². The molecule has 0 aliphatic heterocycles. The Bertz CT molecular complexity index is 436. The molecule has 0 aromatic rings. The number of carboxylic acids is 1. The van der Waals surface area contributed by atoms with Gasteiger partial charge in [0, 0.05) is 62.2 Å². The first-order valence-corrected chi connectivity index (χ1v) is 12.8. The number of carboxylic acid groups (broad SMARTS) is 1. The van der Waals surface area contributed by atoms with Gasteiger partial charge in [-0.15, -0.1) is 0 Å². The molecule has 0 saturated carbocycles. The van der Waals surface area contributed by atoms with E-state index in [1.165, 1.54) is 70.6 Å². The normalized spacial score (nSPS) is 11.0. The molecule has 0 aromatic carbocycles. The second kappa shape index (κ2) is 25.5. The van der Waals surface area contributed by atoms with Crippen LogP contribution in [0.3, 0.4) is 0 Å². The van der Waals surface area contributed by atoms with Crippen LogP contribution in [0.5, 0.6) is 0 Å². The van der Waals surface area contributed by atoms with Crippen molar-refractivity contribution in [1.29, 1.82) is 0 Å². The van der Waals surface area contributed by atoms with Crippen LogP contribution in [0.25, 0.3) is 0 Å². The van der Waals surface area contributed by atoms with Crippen molar-refractivity contribution in [2.45, 2.75) is 110 Å². The summed E-state index contributed by atoms with van der Waals surface area (Å²) in [6.45, 7) is 6.49. The van der Waals surface area contributed by atoms with Crippen LogP contribution >= 0.6 is 0 Å². The molecule has 0 spiro atoms. The maximum Gasteiger partial charge on any atom is 0.304 e. The minimum Gasteiger partial charge on any atom is -0.481 e. The fourth-order valence-electron chi connectivity index (χ4n) is 3.78. The van der Waals surface area contributed by atoms with E-state index in [0.717, 1.165) is 18.8 Å². The Labute approximate surface area is 219 Å². The molecular weight excluding hydrogens is 415 g/mol. The van der Waals surface area contributed by atoms with Crippen molar-refractivity contribution in [1.82, 2.24) is 10.2 Å². The van der Waals surface area contributed by atoms with Crippen LogP contribution in [-0.4, -0.2) is 89.3 Å². The molecule has 1 amide bonds. The van der Waals surface area contributed by atoms with Gasteiger partial charge in [0.15, 0.2) is 0 Å². The van der Waals surface area contributed by atoms with E-state index in [1.54, 1.807) is 0 Å². The first-order chi connectivity index (χ1) is 15.0. The minimum absolute atomic E-state index is 0. The van der Waals surface area contributed by atoms with Crippen molar-refractivity contribution >= 4 is 41.4 Å². The van der Waals surface area contributed by atoms with Crippen molar-refractivity contribution in [2.75, 3.05) is 32.8 Å².